The molecule has 0 unspecified atom stereocenters. The second-order valence-corrected chi connectivity index (χ2v) is 7.65. The number of aromatic nitrogens is 1. The number of carbonyl (C=O) groups is 2. The highest BCUT2D eigenvalue weighted by Crippen LogP contribution is 2.33. The molecule has 0 radical (unpaired) electrons. The van der Waals surface area contributed by atoms with Crippen molar-refractivity contribution in [3.63, 3.8) is 0 Å². The highest BCUT2D eigenvalue weighted by atomic mass is 19.1. The molecule has 0 spiro atoms. The van der Waals surface area contributed by atoms with E-state index in [1.807, 2.05) is 0 Å². The van der Waals surface area contributed by atoms with Gasteiger partial charge in [-0.05, 0) is 43.3 Å². The van der Waals surface area contributed by atoms with Crippen LogP contribution >= 0.6 is 0 Å². The van der Waals surface area contributed by atoms with Gasteiger partial charge in [-0.2, -0.15) is 4.99 Å². The number of hydrogen-bond donors (Lipinski definition) is 1. The first kappa shape index (κ1) is 26.1. The average Bonchev–Trinajstić information content (AvgIpc) is 2.80. The molecule has 0 fully saturated rings. The minimum atomic E-state index is -1.27. The lowest BCUT2D eigenvalue weighted by Crippen LogP contribution is -2.33. The highest BCUT2D eigenvalue weighted by molar-refractivity contribution is 5.98. The lowest BCUT2D eigenvalue weighted by atomic mass is 10.1. The summed E-state index contributed by atoms with van der Waals surface area (Å²) in [6, 6.07) is 6.78. The van der Waals surface area contributed by atoms with Crippen molar-refractivity contribution in [2.24, 2.45) is 10.7 Å². The number of para-hydroxylation sites is 1. The van der Waals surface area contributed by atoms with Crippen molar-refractivity contribution in [2.45, 2.75) is 13.5 Å². The Morgan fingerprint density at radius 1 is 1.00 bits per heavy atom. The van der Waals surface area contributed by atoms with Gasteiger partial charge in [-0.25, -0.2) is 37.0 Å². The van der Waals surface area contributed by atoms with Gasteiger partial charge in [-0.15, -0.1) is 0 Å². The van der Waals surface area contributed by atoms with Crippen LogP contribution in [-0.4, -0.2) is 41.9 Å². The number of carbonyl (C=O) groups excluding carboxylic acids is 2. The lowest BCUT2D eigenvalue weighted by Gasteiger charge is -2.22. The van der Waals surface area contributed by atoms with Crippen molar-refractivity contribution < 1.29 is 31.9 Å². The summed E-state index contributed by atoms with van der Waals surface area (Å²) in [7, 11) is 3.35. The van der Waals surface area contributed by atoms with Crippen LogP contribution in [0.25, 0.3) is 11.3 Å². The number of halogens is 4. The number of nitrogens with zero attached hydrogens (tertiary/aromatic N) is 4. The number of hydrogen-bond acceptors (Lipinski definition) is 4. The summed E-state index contributed by atoms with van der Waals surface area (Å²) in [5, 5.41) is 0. The number of urea groups is 1. The summed E-state index contributed by atoms with van der Waals surface area (Å²) in [6.45, 7) is 1.14. The summed E-state index contributed by atoms with van der Waals surface area (Å²) in [5.74, 6) is -4.07. The average molecular weight is 503 g/mol. The summed E-state index contributed by atoms with van der Waals surface area (Å²) in [4.78, 5) is 34.2. The Balaban J connectivity index is 2.11. The van der Waals surface area contributed by atoms with Crippen LogP contribution in [0, 0.1) is 23.3 Å². The molecule has 188 valence electrons. The Morgan fingerprint density at radius 3 is 2.25 bits per heavy atom. The minimum Gasteiger partial charge on any atom is -0.443 e. The third-order valence-electron chi connectivity index (χ3n) is 5.01. The van der Waals surface area contributed by atoms with Gasteiger partial charge in [0.2, 0.25) is 0 Å². The molecule has 12 heteroatoms. The van der Waals surface area contributed by atoms with Crippen LogP contribution in [0.15, 0.2) is 53.5 Å². The van der Waals surface area contributed by atoms with Gasteiger partial charge < -0.3 is 15.4 Å². The largest absolute Gasteiger partial charge is 0.443 e. The van der Waals surface area contributed by atoms with E-state index in [-0.39, 0.29) is 22.6 Å². The quantitative estimate of drug-likeness (QED) is 0.295. The maximum atomic E-state index is 14.7. The molecule has 36 heavy (non-hydrogen) atoms. The van der Waals surface area contributed by atoms with Gasteiger partial charge in [0.25, 0.3) is 0 Å². The molecule has 0 aliphatic heterocycles. The topological polar surface area (TPSA) is 101 Å². The molecule has 2 N–H and O–H groups in total. The summed E-state index contributed by atoms with van der Waals surface area (Å²) in [5.41, 5.74) is 4.31. The smallest absolute Gasteiger partial charge is 0.435 e. The van der Waals surface area contributed by atoms with Crippen molar-refractivity contribution in [1.82, 2.24) is 9.88 Å². The fourth-order valence-corrected chi connectivity index (χ4v) is 3.08. The van der Waals surface area contributed by atoms with E-state index >= 15 is 0 Å². The number of primary amides is 1. The van der Waals surface area contributed by atoms with Crippen LogP contribution in [0.1, 0.15) is 12.5 Å². The molecule has 0 aliphatic rings. The predicted molar refractivity (Wildman–Crippen MR) is 125 cm³/mol. The number of aliphatic imine (C=N–C) groups is 1. The lowest BCUT2D eigenvalue weighted by molar-refractivity contribution is 0.150. The molecule has 3 rings (SSSR count). The SMILES string of the molecule is C/C(=N\C(=O)OCc1ccc(N(C(N)=O)c2c(F)cccc2F)nc1-c1ccc(F)cc1F)N(C)C. The van der Waals surface area contributed by atoms with Crippen LogP contribution in [0.3, 0.4) is 0 Å². The van der Waals surface area contributed by atoms with Gasteiger partial charge in [-0.3, -0.25) is 0 Å². The van der Waals surface area contributed by atoms with Gasteiger partial charge in [-0.1, -0.05) is 6.07 Å². The van der Waals surface area contributed by atoms with E-state index in [1.54, 1.807) is 25.9 Å². The number of amidine groups is 1. The fourth-order valence-electron chi connectivity index (χ4n) is 3.08. The van der Waals surface area contributed by atoms with Gasteiger partial charge >= 0.3 is 12.1 Å². The van der Waals surface area contributed by atoms with Gasteiger partial charge in [0.1, 0.15) is 47.2 Å². The van der Waals surface area contributed by atoms with E-state index in [2.05, 4.69) is 9.98 Å². The van der Waals surface area contributed by atoms with E-state index in [0.717, 1.165) is 30.3 Å². The Bertz CT molecular complexity index is 1330. The molecule has 8 nitrogen and oxygen atoms in total. The van der Waals surface area contributed by atoms with Gasteiger partial charge in [0.15, 0.2) is 0 Å². The Kier molecular flexibility index (Phi) is 7.87. The van der Waals surface area contributed by atoms with Crippen molar-refractivity contribution in [1.29, 1.82) is 0 Å². The van der Waals surface area contributed by atoms with Crippen molar-refractivity contribution >= 4 is 29.5 Å². The number of amides is 3. The second-order valence-electron chi connectivity index (χ2n) is 7.65. The minimum absolute atomic E-state index is 0.133. The molecule has 0 saturated carbocycles. The number of nitrogens with two attached hydrogens (primary N) is 1. The van der Waals surface area contributed by atoms with E-state index in [1.165, 1.54) is 12.1 Å². The van der Waals surface area contributed by atoms with E-state index in [4.69, 9.17) is 10.5 Å². The van der Waals surface area contributed by atoms with Crippen LogP contribution < -0.4 is 10.6 Å². The number of benzene rings is 2. The molecule has 0 bridgehead atoms. The summed E-state index contributed by atoms with van der Waals surface area (Å²) >= 11 is 0. The molecule has 1 heterocycles. The van der Waals surface area contributed by atoms with Crippen LogP contribution in [-0.2, 0) is 11.3 Å². The molecule has 0 saturated heterocycles. The molecular weight excluding hydrogens is 482 g/mol. The van der Waals surface area contributed by atoms with E-state index in [0.29, 0.717) is 16.8 Å². The zero-order chi connectivity index (χ0) is 26.6. The zero-order valence-electron chi connectivity index (χ0n) is 19.4. The van der Waals surface area contributed by atoms with Gasteiger partial charge in [0.05, 0.1) is 5.69 Å². The summed E-state index contributed by atoms with van der Waals surface area (Å²) in [6.07, 6.45) is -0.942. The predicted octanol–water partition coefficient (Wildman–Crippen LogP) is 5.14. The molecule has 1 aromatic heterocycles. The maximum absolute atomic E-state index is 14.7. The van der Waals surface area contributed by atoms with Gasteiger partial charge in [0, 0.05) is 31.3 Å². The van der Waals surface area contributed by atoms with Crippen LogP contribution in [0.5, 0.6) is 0 Å². The Labute approximate surface area is 203 Å². The molecule has 3 amide bonds. The standard InChI is InChI=1S/C24H21F4N5O3/c1-13(32(2)3)30-24(35)36-12-14-7-10-20(31-21(14)16-9-8-15(25)11-19(16)28)33(23(29)34)22-17(26)5-4-6-18(22)27/h4-11H,12H2,1-3H3,(H2,29,34)/b30-13+. The van der Waals surface area contributed by atoms with Crippen molar-refractivity contribution in [2.75, 3.05) is 19.0 Å². The third kappa shape index (κ3) is 5.77. The number of anilines is 2. The van der Waals surface area contributed by atoms with Crippen LogP contribution in [0.4, 0.5) is 38.7 Å². The second kappa shape index (κ2) is 10.8. The molecule has 2 aromatic carbocycles. The number of ether oxygens (including phenoxy) is 1. The normalized spacial score (nSPS) is 11.2. The Hall–Kier alpha value is -4.48. The monoisotopic (exact) mass is 503 g/mol. The number of rotatable bonds is 5. The Morgan fingerprint density at radius 2 is 1.67 bits per heavy atom. The molecule has 0 aliphatic carbocycles. The van der Waals surface area contributed by atoms with E-state index in [9.17, 15) is 27.2 Å². The number of pyridine rings is 1. The first-order valence-corrected chi connectivity index (χ1v) is 10.4. The first-order chi connectivity index (χ1) is 17.0. The first-order valence-electron chi connectivity index (χ1n) is 10.4. The maximum Gasteiger partial charge on any atom is 0.435 e. The van der Waals surface area contributed by atoms with E-state index < -0.39 is 47.7 Å². The fraction of sp³-hybridized carbons (Fsp3) is 0.167. The third-order valence-corrected chi connectivity index (χ3v) is 5.01. The highest BCUT2D eigenvalue weighted by Gasteiger charge is 2.26. The molecular formula is C24H21F4N5O3. The van der Waals surface area contributed by atoms with Crippen molar-refractivity contribution in [3.8, 4) is 11.3 Å². The summed E-state index contributed by atoms with van der Waals surface area (Å²) < 4.78 is 62.2. The van der Waals surface area contributed by atoms with Crippen molar-refractivity contribution in [3.05, 3.63) is 77.4 Å². The molecule has 0 atom stereocenters. The van der Waals surface area contributed by atoms with Crippen LogP contribution in [0.2, 0.25) is 0 Å². The zero-order valence-corrected chi connectivity index (χ0v) is 19.4. The molecule has 3 aromatic rings.